The molecule has 1 N–H and O–H groups in total. The number of hydrogen-bond donors (Lipinski definition) is 1. The Balaban J connectivity index is 1.29. The van der Waals surface area contributed by atoms with Crippen LogP contribution in [0.15, 0.2) is 24.3 Å². The van der Waals surface area contributed by atoms with Crippen molar-refractivity contribution >= 4 is 0 Å². The van der Waals surface area contributed by atoms with Crippen molar-refractivity contribution in [1.29, 1.82) is 0 Å². The van der Waals surface area contributed by atoms with Crippen molar-refractivity contribution in [3.05, 3.63) is 35.4 Å². The van der Waals surface area contributed by atoms with E-state index in [1.165, 1.54) is 57.9 Å². The largest absolute Gasteiger partial charge is 0.313 e. The molecule has 0 spiro atoms. The first-order chi connectivity index (χ1) is 9.90. The van der Waals surface area contributed by atoms with Crippen LogP contribution in [-0.2, 0) is 6.42 Å². The maximum atomic E-state index is 3.90. The van der Waals surface area contributed by atoms with E-state index < -0.39 is 0 Å². The Hall–Kier alpha value is -0.820. The van der Waals surface area contributed by atoms with Crippen LogP contribution in [0.25, 0.3) is 0 Å². The van der Waals surface area contributed by atoms with Crippen LogP contribution >= 0.6 is 0 Å². The molecule has 4 unspecified atom stereocenters. The van der Waals surface area contributed by atoms with Crippen LogP contribution in [0.1, 0.15) is 62.0 Å². The molecule has 108 valence electrons. The van der Waals surface area contributed by atoms with Gasteiger partial charge in [-0.15, -0.1) is 0 Å². The van der Waals surface area contributed by atoms with Gasteiger partial charge in [-0.3, -0.25) is 0 Å². The summed E-state index contributed by atoms with van der Waals surface area (Å²) in [7, 11) is 0. The van der Waals surface area contributed by atoms with E-state index in [4.69, 9.17) is 0 Å². The van der Waals surface area contributed by atoms with Gasteiger partial charge in [0.1, 0.15) is 0 Å². The van der Waals surface area contributed by atoms with Gasteiger partial charge in [0.2, 0.25) is 0 Å². The molecule has 0 radical (unpaired) electrons. The van der Waals surface area contributed by atoms with Crippen LogP contribution in [0.3, 0.4) is 0 Å². The lowest BCUT2D eigenvalue weighted by atomic mass is 9.69. The van der Waals surface area contributed by atoms with E-state index in [0.29, 0.717) is 0 Å². The van der Waals surface area contributed by atoms with E-state index in [-0.39, 0.29) is 0 Å². The molecule has 0 amide bonds. The van der Waals surface area contributed by atoms with Gasteiger partial charge in [-0.1, -0.05) is 49.9 Å². The zero-order valence-corrected chi connectivity index (χ0v) is 12.5. The van der Waals surface area contributed by atoms with Crippen molar-refractivity contribution < 1.29 is 0 Å². The van der Waals surface area contributed by atoms with Crippen LogP contribution in [-0.4, -0.2) is 12.6 Å². The average molecular weight is 269 g/mol. The van der Waals surface area contributed by atoms with Crippen molar-refractivity contribution in [3.8, 4) is 0 Å². The van der Waals surface area contributed by atoms with Crippen LogP contribution in [0, 0.1) is 11.8 Å². The number of rotatable bonds is 3. The van der Waals surface area contributed by atoms with Crippen molar-refractivity contribution in [2.24, 2.45) is 11.8 Å². The molecule has 0 aliphatic heterocycles. The average Bonchev–Trinajstić information content (AvgIpc) is 2.48. The molecule has 0 aromatic heterocycles. The molecule has 1 nitrogen and oxygen atoms in total. The Morgan fingerprint density at radius 3 is 2.70 bits per heavy atom. The van der Waals surface area contributed by atoms with Crippen LogP contribution in [0.2, 0.25) is 0 Å². The summed E-state index contributed by atoms with van der Waals surface area (Å²) >= 11 is 0. The molecule has 1 aromatic rings. The van der Waals surface area contributed by atoms with Crippen molar-refractivity contribution in [3.63, 3.8) is 0 Å². The third kappa shape index (κ3) is 2.41. The summed E-state index contributed by atoms with van der Waals surface area (Å²) in [6, 6.07) is 9.79. The fourth-order valence-corrected chi connectivity index (χ4v) is 4.91. The molecule has 0 bridgehead atoms. The van der Waals surface area contributed by atoms with Gasteiger partial charge < -0.3 is 5.32 Å². The second kappa shape index (κ2) is 5.52. The third-order valence-corrected chi connectivity index (χ3v) is 6.15. The Morgan fingerprint density at radius 2 is 1.80 bits per heavy atom. The summed E-state index contributed by atoms with van der Waals surface area (Å²) in [5, 5.41) is 3.90. The number of fused-ring (bicyclic) bond motifs is 2. The maximum Gasteiger partial charge on any atom is 0.00701 e. The summed E-state index contributed by atoms with van der Waals surface area (Å²) in [6.07, 6.45) is 11.7. The van der Waals surface area contributed by atoms with Crippen molar-refractivity contribution in [2.45, 2.75) is 63.3 Å². The molecule has 2 fully saturated rings. The molecule has 1 heteroatoms. The highest BCUT2D eigenvalue weighted by atomic mass is 14.9. The molecular formula is C19H27N. The molecule has 4 atom stereocenters. The van der Waals surface area contributed by atoms with Gasteiger partial charge in [-0.05, 0) is 48.6 Å². The fourth-order valence-electron chi connectivity index (χ4n) is 4.91. The molecule has 0 heterocycles. The minimum Gasteiger partial charge on any atom is -0.313 e. The lowest BCUT2D eigenvalue weighted by Crippen LogP contribution is -2.41. The lowest BCUT2D eigenvalue weighted by molar-refractivity contribution is 0.143. The molecule has 4 rings (SSSR count). The van der Waals surface area contributed by atoms with Crippen molar-refractivity contribution in [2.75, 3.05) is 6.54 Å². The van der Waals surface area contributed by atoms with E-state index in [2.05, 4.69) is 29.6 Å². The second-order valence-corrected chi connectivity index (χ2v) is 7.32. The Kier molecular flexibility index (Phi) is 3.56. The predicted molar refractivity (Wildman–Crippen MR) is 84.0 cm³/mol. The van der Waals surface area contributed by atoms with E-state index in [1.54, 1.807) is 11.1 Å². The van der Waals surface area contributed by atoms with Crippen LogP contribution in [0.5, 0.6) is 0 Å². The topological polar surface area (TPSA) is 12.0 Å². The van der Waals surface area contributed by atoms with Gasteiger partial charge in [0, 0.05) is 18.5 Å². The number of hydrogen-bond acceptors (Lipinski definition) is 1. The summed E-state index contributed by atoms with van der Waals surface area (Å²) in [5.41, 5.74) is 3.18. The second-order valence-electron chi connectivity index (χ2n) is 7.32. The first kappa shape index (κ1) is 12.9. The summed E-state index contributed by atoms with van der Waals surface area (Å²) in [5.74, 6) is 2.91. The first-order valence-electron chi connectivity index (χ1n) is 8.71. The van der Waals surface area contributed by atoms with Gasteiger partial charge in [0.15, 0.2) is 0 Å². The van der Waals surface area contributed by atoms with Crippen molar-refractivity contribution in [1.82, 2.24) is 5.32 Å². The number of nitrogens with one attached hydrogen (secondary N) is 1. The minimum atomic E-state index is 0.787. The van der Waals surface area contributed by atoms with E-state index in [9.17, 15) is 0 Å². The molecule has 3 aliphatic carbocycles. The monoisotopic (exact) mass is 269 g/mol. The zero-order valence-electron chi connectivity index (χ0n) is 12.5. The Labute approximate surface area is 123 Å². The first-order valence-corrected chi connectivity index (χ1v) is 8.71. The van der Waals surface area contributed by atoms with Crippen LogP contribution < -0.4 is 5.32 Å². The maximum absolute atomic E-state index is 3.90. The summed E-state index contributed by atoms with van der Waals surface area (Å²) in [6.45, 7) is 1.21. The van der Waals surface area contributed by atoms with Crippen LogP contribution in [0.4, 0.5) is 0 Å². The van der Waals surface area contributed by atoms with Gasteiger partial charge in [-0.25, -0.2) is 0 Å². The zero-order chi connectivity index (χ0) is 13.4. The quantitative estimate of drug-likeness (QED) is 0.864. The summed E-state index contributed by atoms with van der Waals surface area (Å²) < 4.78 is 0. The highest BCUT2D eigenvalue weighted by molar-refractivity contribution is 5.40. The minimum absolute atomic E-state index is 0.787. The van der Waals surface area contributed by atoms with Gasteiger partial charge in [-0.2, -0.15) is 0 Å². The highest BCUT2D eigenvalue weighted by Crippen LogP contribution is 2.41. The fraction of sp³-hybridized carbons (Fsp3) is 0.684. The summed E-state index contributed by atoms with van der Waals surface area (Å²) in [4.78, 5) is 0. The number of benzene rings is 1. The standard InChI is InChI=1S/C19H27N/c1-2-6-15-12-18(10-9-14(15)5-1)20-13-17-11-16-7-3-4-8-19(16)17/h3-4,7-8,14-15,17-18,20H,1-2,5-6,9-13H2. The SMILES string of the molecule is c1ccc2c(c1)CC2CNC1CCC2CCCCC2C1. The van der Waals surface area contributed by atoms with Gasteiger partial charge >= 0.3 is 0 Å². The highest BCUT2D eigenvalue weighted by Gasteiger charge is 2.33. The Morgan fingerprint density at radius 1 is 0.950 bits per heavy atom. The molecule has 20 heavy (non-hydrogen) atoms. The van der Waals surface area contributed by atoms with E-state index >= 15 is 0 Å². The molecule has 3 aliphatic rings. The lowest BCUT2D eigenvalue weighted by Gasteiger charge is -2.40. The molecular weight excluding hydrogens is 242 g/mol. The predicted octanol–water partition coefficient (Wildman–Crippen LogP) is 4.27. The molecule has 0 saturated heterocycles. The normalized spacial score (nSPS) is 35.8. The smallest absolute Gasteiger partial charge is 0.00701 e. The van der Waals surface area contributed by atoms with E-state index in [0.717, 1.165) is 23.8 Å². The third-order valence-electron chi connectivity index (χ3n) is 6.15. The molecule has 1 aromatic carbocycles. The molecule has 2 saturated carbocycles. The van der Waals surface area contributed by atoms with Gasteiger partial charge in [0.25, 0.3) is 0 Å². The van der Waals surface area contributed by atoms with E-state index in [1.807, 2.05) is 0 Å². The van der Waals surface area contributed by atoms with Gasteiger partial charge in [0.05, 0.1) is 0 Å². The Bertz CT molecular complexity index is 467.